The van der Waals surface area contributed by atoms with Crippen molar-refractivity contribution in [1.29, 1.82) is 0 Å². The third-order valence-electron chi connectivity index (χ3n) is 0.999. The Hall–Kier alpha value is -0.120. The molecular weight excluding hydrogens is 130 g/mol. The van der Waals surface area contributed by atoms with Gasteiger partial charge in [0.2, 0.25) is 0 Å². The molecule has 0 rings (SSSR count). The van der Waals surface area contributed by atoms with Gasteiger partial charge in [-0.1, -0.05) is 0 Å². The molecule has 3 nitrogen and oxygen atoms in total. The quantitative estimate of drug-likeness (QED) is 0.587. The van der Waals surface area contributed by atoms with Gasteiger partial charge in [-0.25, -0.2) is 0 Å². The minimum absolute atomic E-state index is 0.257. The van der Waals surface area contributed by atoms with E-state index in [9.17, 15) is 0 Å². The SMILES string of the molecule is CONC(C)COC(C)C. The zero-order valence-corrected chi connectivity index (χ0v) is 7.18. The molecular formula is C7H17NO2. The lowest BCUT2D eigenvalue weighted by molar-refractivity contribution is 0.00523. The summed E-state index contributed by atoms with van der Waals surface area (Å²) in [7, 11) is 1.60. The van der Waals surface area contributed by atoms with E-state index in [2.05, 4.69) is 5.48 Å². The number of hydroxylamine groups is 1. The molecule has 0 saturated carbocycles. The van der Waals surface area contributed by atoms with Crippen LogP contribution in [-0.4, -0.2) is 25.9 Å². The highest BCUT2D eigenvalue weighted by Gasteiger charge is 2.00. The molecule has 0 aliphatic rings. The van der Waals surface area contributed by atoms with Crippen LogP contribution in [0.2, 0.25) is 0 Å². The van der Waals surface area contributed by atoms with Gasteiger partial charge < -0.3 is 9.57 Å². The molecule has 62 valence electrons. The molecule has 10 heavy (non-hydrogen) atoms. The molecule has 0 aromatic carbocycles. The number of nitrogens with one attached hydrogen (secondary N) is 1. The van der Waals surface area contributed by atoms with Crippen molar-refractivity contribution < 1.29 is 9.57 Å². The van der Waals surface area contributed by atoms with Crippen LogP contribution in [0.5, 0.6) is 0 Å². The highest BCUT2D eigenvalue weighted by molar-refractivity contribution is 4.51. The Morgan fingerprint density at radius 3 is 2.30 bits per heavy atom. The lowest BCUT2D eigenvalue weighted by atomic mass is 10.4. The molecule has 0 amide bonds. The van der Waals surface area contributed by atoms with E-state index >= 15 is 0 Å². The first kappa shape index (κ1) is 9.88. The highest BCUT2D eigenvalue weighted by atomic mass is 16.6. The van der Waals surface area contributed by atoms with Gasteiger partial charge in [-0.2, -0.15) is 5.48 Å². The van der Waals surface area contributed by atoms with Gasteiger partial charge in [0.25, 0.3) is 0 Å². The maximum Gasteiger partial charge on any atom is 0.0643 e. The van der Waals surface area contributed by atoms with Gasteiger partial charge in [-0.05, 0) is 20.8 Å². The second-order valence-corrected chi connectivity index (χ2v) is 2.61. The lowest BCUT2D eigenvalue weighted by Gasteiger charge is -2.13. The Morgan fingerprint density at radius 1 is 1.30 bits per heavy atom. The number of rotatable bonds is 5. The van der Waals surface area contributed by atoms with Gasteiger partial charge in [0.1, 0.15) is 0 Å². The van der Waals surface area contributed by atoms with E-state index in [0.717, 1.165) is 0 Å². The molecule has 0 aliphatic heterocycles. The Balaban J connectivity index is 3.12. The summed E-state index contributed by atoms with van der Waals surface area (Å²) >= 11 is 0. The molecule has 0 heterocycles. The summed E-state index contributed by atoms with van der Waals surface area (Å²) < 4.78 is 5.31. The third kappa shape index (κ3) is 6.01. The fourth-order valence-corrected chi connectivity index (χ4v) is 0.572. The summed E-state index contributed by atoms with van der Waals surface area (Å²) in [5.74, 6) is 0. The molecule has 1 N–H and O–H groups in total. The maximum absolute atomic E-state index is 5.31. The van der Waals surface area contributed by atoms with Crippen LogP contribution in [0.15, 0.2) is 0 Å². The molecule has 0 aromatic heterocycles. The molecule has 0 spiro atoms. The standard InChI is InChI=1S/C7H17NO2/c1-6(2)10-5-7(3)8-9-4/h6-8H,5H2,1-4H3. The van der Waals surface area contributed by atoms with E-state index in [-0.39, 0.29) is 6.04 Å². The van der Waals surface area contributed by atoms with Crippen LogP contribution >= 0.6 is 0 Å². The average Bonchev–Trinajstić information content (AvgIpc) is 1.85. The Labute approximate surface area is 62.7 Å². The van der Waals surface area contributed by atoms with Gasteiger partial charge in [0, 0.05) is 0 Å². The van der Waals surface area contributed by atoms with Gasteiger partial charge >= 0.3 is 0 Å². The summed E-state index contributed by atoms with van der Waals surface area (Å²) in [5.41, 5.74) is 2.78. The molecule has 1 unspecified atom stereocenters. The molecule has 1 atom stereocenters. The van der Waals surface area contributed by atoms with E-state index in [4.69, 9.17) is 9.57 Å². The third-order valence-corrected chi connectivity index (χ3v) is 0.999. The van der Waals surface area contributed by atoms with Crippen LogP contribution in [0.1, 0.15) is 20.8 Å². The van der Waals surface area contributed by atoms with Crippen molar-refractivity contribution in [1.82, 2.24) is 5.48 Å². The van der Waals surface area contributed by atoms with Crippen LogP contribution < -0.4 is 5.48 Å². The first-order chi connectivity index (χ1) is 4.66. The van der Waals surface area contributed by atoms with Crippen LogP contribution in [0.4, 0.5) is 0 Å². The zero-order valence-electron chi connectivity index (χ0n) is 7.18. The lowest BCUT2D eigenvalue weighted by Crippen LogP contribution is -2.30. The number of hydrogen-bond acceptors (Lipinski definition) is 3. The molecule has 0 bridgehead atoms. The van der Waals surface area contributed by atoms with Crippen LogP contribution in [0.25, 0.3) is 0 Å². The second-order valence-electron chi connectivity index (χ2n) is 2.61. The fraction of sp³-hybridized carbons (Fsp3) is 1.00. The first-order valence-electron chi connectivity index (χ1n) is 3.57. The molecule has 0 saturated heterocycles. The van der Waals surface area contributed by atoms with E-state index in [1.807, 2.05) is 20.8 Å². The summed E-state index contributed by atoms with van der Waals surface area (Å²) in [6.07, 6.45) is 0.293. The monoisotopic (exact) mass is 147 g/mol. The normalized spacial score (nSPS) is 14.1. The fourth-order valence-electron chi connectivity index (χ4n) is 0.572. The summed E-state index contributed by atoms with van der Waals surface area (Å²) in [4.78, 5) is 4.71. The first-order valence-corrected chi connectivity index (χ1v) is 3.57. The summed E-state index contributed by atoms with van der Waals surface area (Å²) in [5, 5.41) is 0. The highest BCUT2D eigenvalue weighted by Crippen LogP contribution is 1.90. The molecule has 0 radical (unpaired) electrons. The van der Waals surface area contributed by atoms with Gasteiger partial charge in [-0.3, -0.25) is 0 Å². The zero-order chi connectivity index (χ0) is 7.98. The van der Waals surface area contributed by atoms with Crippen molar-refractivity contribution in [2.24, 2.45) is 0 Å². The van der Waals surface area contributed by atoms with Crippen molar-refractivity contribution in [3.05, 3.63) is 0 Å². The van der Waals surface area contributed by atoms with Crippen LogP contribution in [0.3, 0.4) is 0 Å². The summed E-state index contributed by atoms with van der Waals surface area (Å²) in [6.45, 7) is 6.72. The predicted molar refractivity (Wildman–Crippen MR) is 40.7 cm³/mol. The van der Waals surface area contributed by atoms with Crippen LogP contribution in [0, 0.1) is 0 Å². The topological polar surface area (TPSA) is 30.5 Å². The van der Waals surface area contributed by atoms with Gasteiger partial charge in [0.15, 0.2) is 0 Å². The van der Waals surface area contributed by atoms with Crippen molar-refractivity contribution in [2.45, 2.75) is 32.9 Å². The molecule has 0 aliphatic carbocycles. The Kier molecular flexibility index (Phi) is 5.58. The van der Waals surface area contributed by atoms with Gasteiger partial charge in [0.05, 0.1) is 25.9 Å². The van der Waals surface area contributed by atoms with Crippen molar-refractivity contribution in [3.63, 3.8) is 0 Å². The van der Waals surface area contributed by atoms with E-state index in [1.165, 1.54) is 0 Å². The smallest absolute Gasteiger partial charge is 0.0643 e. The van der Waals surface area contributed by atoms with Crippen molar-refractivity contribution in [2.75, 3.05) is 13.7 Å². The van der Waals surface area contributed by atoms with E-state index in [1.54, 1.807) is 7.11 Å². The predicted octanol–water partition coefficient (Wildman–Crippen LogP) is 0.951. The minimum Gasteiger partial charge on any atom is -0.377 e. The Morgan fingerprint density at radius 2 is 1.90 bits per heavy atom. The van der Waals surface area contributed by atoms with E-state index < -0.39 is 0 Å². The van der Waals surface area contributed by atoms with Crippen molar-refractivity contribution >= 4 is 0 Å². The second kappa shape index (κ2) is 5.65. The van der Waals surface area contributed by atoms with E-state index in [0.29, 0.717) is 12.7 Å². The Bertz CT molecular complexity index is 76.0. The van der Waals surface area contributed by atoms with Gasteiger partial charge in [-0.15, -0.1) is 0 Å². The number of hydrogen-bond donors (Lipinski definition) is 1. The average molecular weight is 147 g/mol. The maximum atomic E-state index is 5.31. The summed E-state index contributed by atoms with van der Waals surface area (Å²) in [6, 6.07) is 0.257. The number of ether oxygens (including phenoxy) is 1. The molecule has 0 fully saturated rings. The van der Waals surface area contributed by atoms with Crippen LogP contribution in [-0.2, 0) is 9.57 Å². The largest absolute Gasteiger partial charge is 0.377 e. The van der Waals surface area contributed by atoms with Crippen molar-refractivity contribution in [3.8, 4) is 0 Å². The minimum atomic E-state index is 0.257. The molecule has 0 aromatic rings. The molecule has 3 heteroatoms.